The van der Waals surface area contributed by atoms with Crippen molar-refractivity contribution in [3.63, 3.8) is 0 Å². The number of rotatable bonds is 6. The summed E-state index contributed by atoms with van der Waals surface area (Å²) >= 11 is 5.28. The predicted octanol–water partition coefficient (Wildman–Crippen LogP) is 4.25. The van der Waals surface area contributed by atoms with Gasteiger partial charge in [0.25, 0.3) is 0 Å². The Hall–Kier alpha value is -0.840. The number of benzene rings is 1. The van der Waals surface area contributed by atoms with Gasteiger partial charge in [-0.3, -0.25) is 4.98 Å². The molecule has 0 spiro atoms. The van der Waals surface area contributed by atoms with E-state index in [0.717, 1.165) is 23.3 Å². The van der Waals surface area contributed by atoms with E-state index in [9.17, 15) is 0 Å². The molecule has 0 bridgehead atoms. The highest BCUT2D eigenvalue weighted by molar-refractivity contribution is 9.10. The highest BCUT2D eigenvalue weighted by Gasteiger charge is 1.99. The van der Waals surface area contributed by atoms with E-state index in [2.05, 4.69) is 63.5 Å². The monoisotopic (exact) mass is 336 g/mol. The molecular formula is C15H17BrN2S. The van der Waals surface area contributed by atoms with Crippen LogP contribution in [0.2, 0.25) is 0 Å². The zero-order valence-corrected chi connectivity index (χ0v) is 13.3. The lowest BCUT2D eigenvalue weighted by Gasteiger charge is -2.05. The van der Waals surface area contributed by atoms with Crippen LogP contribution in [0.15, 0.2) is 52.1 Å². The van der Waals surface area contributed by atoms with Crippen LogP contribution in [0.3, 0.4) is 0 Å². The van der Waals surface area contributed by atoms with Crippen LogP contribution in [0.5, 0.6) is 0 Å². The van der Waals surface area contributed by atoms with Crippen LogP contribution in [0.1, 0.15) is 18.1 Å². The second-order valence-corrected chi connectivity index (χ2v) is 6.19. The first kappa shape index (κ1) is 14.6. The van der Waals surface area contributed by atoms with E-state index in [4.69, 9.17) is 0 Å². The summed E-state index contributed by atoms with van der Waals surface area (Å²) in [7, 11) is 0. The molecule has 19 heavy (non-hydrogen) atoms. The average molecular weight is 337 g/mol. The molecule has 1 N–H and O–H groups in total. The van der Waals surface area contributed by atoms with Crippen molar-refractivity contribution < 1.29 is 0 Å². The Morgan fingerprint density at radius 3 is 2.63 bits per heavy atom. The van der Waals surface area contributed by atoms with Gasteiger partial charge in [-0.15, -0.1) is 11.8 Å². The SMILES string of the molecule is CCNCc1ccc(SCc2cncc(Br)c2)cc1. The summed E-state index contributed by atoms with van der Waals surface area (Å²) in [6.07, 6.45) is 3.72. The number of halogens is 1. The molecule has 2 nitrogen and oxygen atoms in total. The summed E-state index contributed by atoms with van der Waals surface area (Å²) in [5.41, 5.74) is 2.56. The third-order valence-electron chi connectivity index (χ3n) is 2.67. The van der Waals surface area contributed by atoms with Gasteiger partial charge in [0.05, 0.1) is 0 Å². The highest BCUT2D eigenvalue weighted by Crippen LogP contribution is 2.23. The molecule has 0 saturated heterocycles. The number of nitrogens with one attached hydrogen (secondary N) is 1. The van der Waals surface area contributed by atoms with Crippen molar-refractivity contribution >= 4 is 27.7 Å². The van der Waals surface area contributed by atoms with E-state index < -0.39 is 0 Å². The molecule has 1 aromatic carbocycles. The fourth-order valence-electron chi connectivity index (χ4n) is 1.67. The maximum absolute atomic E-state index is 4.18. The van der Waals surface area contributed by atoms with Gasteiger partial charge in [-0.05, 0) is 51.8 Å². The fourth-order valence-corrected chi connectivity index (χ4v) is 2.91. The number of thioether (sulfide) groups is 1. The molecule has 0 fully saturated rings. The molecule has 0 amide bonds. The number of hydrogen-bond donors (Lipinski definition) is 1. The van der Waals surface area contributed by atoms with Gasteiger partial charge in [-0.25, -0.2) is 0 Å². The first-order valence-electron chi connectivity index (χ1n) is 6.30. The van der Waals surface area contributed by atoms with Gasteiger partial charge in [-0.1, -0.05) is 19.1 Å². The van der Waals surface area contributed by atoms with Crippen LogP contribution in [0.25, 0.3) is 0 Å². The molecule has 0 atom stereocenters. The lowest BCUT2D eigenvalue weighted by atomic mass is 10.2. The summed E-state index contributed by atoms with van der Waals surface area (Å²) in [6, 6.07) is 10.8. The maximum Gasteiger partial charge on any atom is 0.0410 e. The zero-order chi connectivity index (χ0) is 13.5. The van der Waals surface area contributed by atoms with Gasteiger partial charge in [0, 0.05) is 34.1 Å². The smallest absolute Gasteiger partial charge is 0.0410 e. The predicted molar refractivity (Wildman–Crippen MR) is 85.3 cm³/mol. The van der Waals surface area contributed by atoms with Crippen molar-refractivity contribution in [2.24, 2.45) is 0 Å². The van der Waals surface area contributed by atoms with Gasteiger partial charge in [0.15, 0.2) is 0 Å². The number of pyridine rings is 1. The van der Waals surface area contributed by atoms with Gasteiger partial charge in [0.1, 0.15) is 0 Å². The topological polar surface area (TPSA) is 24.9 Å². The lowest BCUT2D eigenvalue weighted by molar-refractivity contribution is 0.726. The Balaban J connectivity index is 1.89. The minimum Gasteiger partial charge on any atom is -0.313 e. The van der Waals surface area contributed by atoms with Crippen molar-refractivity contribution in [2.75, 3.05) is 6.54 Å². The molecule has 0 aliphatic carbocycles. The summed E-state index contributed by atoms with van der Waals surface area (Å²) < 4.78 is 1.03. The van der Waals surface area contributed by atoms with E-state index in [1.807, 2.05) is 24.2 Å². The summed E-state index contributed by atoms with van der Waals surface area (Å²) in [5.74, 6) is 0.943. The van der Waals surface area contributed by atoms with Gasteiger partial charge >= 0.3 is 0 Å². The normalized spacial score (nSPS) is 10.6. The van der Waals surface area contributed by atoms with Crippen molar-refractivity contribution in [3.05, 3.63) is 58.3 Å². The minimum absolute atomic E-state index is 0.941. The van der Waals surface area contributed by atoms with Gasteiger partial charge in [-0.2, -0.15) is 0 Å². The van der Waals surface area contributed by atoms with Crippen LogP contribution >= 0.6 is 27.7 Å². The Morgan fingerprint density at radius 2 is 1.95 bits per heavy atom. The number of hydrogen-bond acceptors (Lipinski definition) is 3. The molecule has 2 aromatic rings. The number of aromatic nitrogens is 1. The van der Waals surface area contributed by atoms with Crippen molar-refractivity contribution in [1.29, 1.82) is 0 Å². The first-order chi connectivity index (χ1) is 9.28. The minimum atomic E-state index is 0.941. The molecule has 4 heteroatoms. The Bertz CT molecular complexity index is 514. The molecule has 0 aliphatic rings. The summed E-state index contributed by atoms with van der Waals surface area (Å²) in [5, 5.41) is 3.33. The quantitative estimate of drug-likeness (QED) is 0.798. The zero-order valence-electron chi connectivity index (χ0n) is 10.9. The largest absolute Gasteiger partial charge is 0.313 e. The van der Waals surface area contributed by atoms with E-state index in [1.165, 1.54) is 16.0 Å². The van der Waals surface area contributed by atoms with Crippen molar-refractivity contribution in [3.8, 4) is 0 Å². The van der Waals surface area contributed by atoms with Crippen LogP contribution < -0.4 is 5.32 Å². The fraction of sp³-hybridized carbons (Fsp3) is 0.267. The van der Waals surface area contributed by atoms with Crippen LogP contribution in [0, 0.1) is 0 Å². The summed E-state index contributed by atoms with van der Waals surface area (Å²) in [4.78, 5) is 5.47. The molecule has 1 aromatic heterocycles. The van der Waals surface area contributed by atoms with E-state index in [-0.39, 0.29) is 0 Å². The Morgan fingerprint density at radius 1 is 1.16 bits per heavy atom. The molecule has 0 aliphatic heterocycles. The van der Waals surface area contributed by atoms with E-state index in [1.54, 1.807) is 0 Å². The maximum atomic E-state index is 4.18. The van der Waals surface area contributed by atoms with E-state index >= 15 is 0 Å². The molecule has 0 unspecified atom stereocenters. The third kappa shape index (κ3) is 4.97. The lowest BCUT2D eigenvalue weighted by Crippen LogP contribution is -2.11. The van der Waals surface area contributed by atoms with Crippen molar-refractivity contribution in [1.82, 2.24) is 10.3 Å². The van der Waals surface area contributed by atoms with Gasteiger partial charge in [0.2, 0.25) is 0 Å². The van der Waals surface area contributed by atoms with Crippen molar-refractivity contribution in [2.45, 2.75) is 24.1 Å². The average Bonchev–Trinajstić information content (AvgIpc) is 2.44. The van der Waals surface area contributed by atoms with Crippen LogP contribution in [0.4, 0.5) is 0 Å². The molecule has 0 radical (unpaired) electrons. The second-order valence-electron chi connectivity index (χ2n) is 4.22. The highest BCUT2D eigenvalue weighted by atomic mass is 79.9. The third-order valence-corrected chi connectivity index (χ3v) is 4.19. The van der Waals surface area contributed by atoms with E-state index in [0.29, 0.717) is 0 Å². The molecule has 0 saturated carbocycles. The molecule has 1 heterocycles. The Kier molecular flexibility index (Phi) is 5.89. The summed E-state index contributed by atoms with van der Waals surface area (Å²) in [6.45, 7) is 4.07. The first-order valence-corrected chi connectivity index (χ1v) is 8.07. The second kappa shape index (κ2) is 7.68. The molecular weight excluding hydrogens is 320 g/mol. The molecule has 100 valence electrons. The van der Waals surface area contributed by atoms with Gasteiger partial charge < -0.3 is 5.32 Å². The molecule has 2 rings (SSSR count). The Labute approximate surface area is 127 Å². The van der Waals surface area contributed by atoms with Crippen LogP contribution in [-0.2, 0) is 12.3 Å². The standard InChI is InChI=1S/C15H17BrN2S/c1-2-17-8-12-3-5-15(6-4-12)19-11-13-7-14(16)10-18-9-13/h3-7,9-10,17H,2,8,11H2,1H3. The number of nitrogens with zero attached hydrogens (tertiary/aromatic N) is 1. The van der Waals surface area contributed by atoms with Crippen LogP contribution in [-0.4, -0.2) is 11.5 Å².